The number of carboxylic acid groups (broad SMARTS) is 1. The molecule has 9 heteroatoms. The zero-order valence-corrected chi connectivity index (χ0v) is 19.6. The Kier molecular flexibility index (Phi) is 6.74. The van der Waals surface area contributed by atoms with E-state index in [0.29, 0.717) is 37.6 Å². The normalized spacial score (nSPS) is 14.2. The summed E-state index contributed by atoms with van der Waals surface area (Å²) in [7, 11) is -3.94. The van der Waals surface area contributed by atoms with Crippen molar-refractivity contribution in [1.82, 2.24) is 0 Å². The number of aromatic carboxylic acids is 1. The lowest BCUT2D eigenvalue weighted by molar-refractivity contribution is 0.0698. The summed E-state index contributed by atoms with van der Waals surface area (Å²) >= 11 is 0. The number of benzene rings is 3. The average Bonchev–Trinajstić information content (AvgIpc) is 2.84. The minimum absolute atomic E-state index is 0.000751. The number of para-hydroxylation sites is 1. The van der Waals surface area contributed by atoms with Crippen molar-refractivity contribution >= 4 is 33.1 Å². The highest BCUT2D eigenvalue weighted by Crippen LogP contribution is 2.28. The van der Waals surface area contributed by atoms with E-state index in [9.17, 15) is 22.7 Å². The van der Waals surface area contributed by atoms with Crippen LogP contribution >= 0.6 is 0 Å². The van der Waals surface area contributed by atoms with Crippen molar-refractivity contribution in [1.29, 1.82) is 0 Å². The largest absolute Gasteiger partial charge is 0.478 e. The van der Waals surface area contributed by atoms with Crippen LogP contribution in [0.5, 0.6) is 0 Å². The number of carboxylic acids is 1. The Morgan fingerprint density at radius 2 is 1.62 bits per heavy atom. The summed E-state index contributed by atoms with van der Waals surface area (Å²) in [6.07, 6.45) is 0.785. The fourth-order valence-corrected chi connectivity index (χ4v) is 5.10. The minimum atomic E-state index is -3.94. The molecule has 1 aliphatic rings. The van der Waals surface area contributed by atoms with Gasteiger partial charge in [-0.2, -0.15) is 0 Å². The maximum atomic E-state index is 14.1. The predicted molar refractivity (Wildman–Crippen MR) is 131 cm³/mol. The van der Waals surface area contributed by atoms with Crippen molar-refractivity contribution in [2.24, 2.45) is 0 Å². The van der Waals surface area contributed by atoms with Gasteiger partial charge in [0, 0.05) is 31.9 Å². The second-order valence-corrected chi connectivity index (χ2v) is 9.75. The number of sulfonamides is 1. The van der Waals surface area contributed by atoms with Crippen molar-refractivity contribution < 1.29 is 22.7 Å². The molecule has 0 unspecified atom stereocenters. The molecule has 3 aromatic carbocycles. The first-order valence-electron chi connectivity index (χ1n) is 11.0. The van der Waals surface area contributed by atoms with E-state index in [4.69, 9.17) is 0 Å². The van der Waals surface area contributed by atoms with E-state index >= 15 is 0 Å². The lowest BCUT2D eigenvalue weighted by Crippen LogP contribution is -2.46. The van der Waals surface area contributed by atoms with Crippen molar-refractivity contribution in [3.63, 3.8) is 0 Å². The lowest BCUT2D eigenvalue weighted by atomic mass is 10.1. The third-order valence-corrected chi connectivity index (χ3v) is 7.34. The fourth-order valence-electron chi connectivity index (χ4n) is 4.02. The average molecular weight is 484 g/mol. The third kappa shape index (κ3) is 4.99. The molecule has 34 heavy (non-hydrogen) atoms. The van der Waals surface area contributed by atoms with E-state index < -0.39 is 16.0 Å². The van der Waals surface area contributed by atoms with Gasteiger partial charge in [0.2, 0.25) is 0 Å². The van der Waals surface area contributed by atoms with Gasteiger partial charge in [0.25, 0.3) is 10.0 Å². The third-order valence-electron chi connectivity index (χ3n) is 5.96. The van der Waals surface area contributed by atoms with Crippen molar-refractivity contribution in [2.75, 3.05) is 40.7 Å². The molecule has 178 valence electrons. The van der Waals surface area contributed by atoms with Gasteiger partial charge in [0.15, 0.2) is 0 Å². The van der Waals surface area contributed by atoms with Crippen LogP contribution in [0.4, 0.5) is 21.5 Å². The van der Waals surface area contributed by atoms with Gasteiger partial charge in [-0.3, -0.25) is 4.72 Å². The fraction of sp³-hybridized carbons (Fsp3) is 0.240. The second-order valence-electron chi connectivity index (χ2n) is 8.06. The molecule has 0 aliphatic carbocycles. The number of hydrogen-bond donors (Lipinski definition) is 2. The summed E-state index contributed by atoms with van der Waals surface area (Å²) in [6.45, 7) is 4.27. The monoisotopic (exact) mass is 483 g/mol. The first-order valence-corrected chi connectivity index (χ1v) is 12.5. The SMILES string of the molecule is CCc1ccc(S(=O)(=O)Nc2ccc(N3CCN(c4ccccc4F)CC3)cc2C(=O)O)cc1. The standard InChI is InChI=1S/C25H26FN3O4S/c1-2-18-7-10-20(11-8-18)34(32,33)27-23-12-9-19(17-21(23)25(30)31)28-13-15-29(16-14-28)24-6-4-3-5-22(24)26/h3-12,17,27H,2,13-16H2,1H3,(H,30,31). The molecule has 0 amide bonds. The Labute approximate surface area is 198 Å². The number of hydrogen-bond acceptors (Lipinski definition) is 5. The Morgan fingerprint density at radius 1 is 0.971 bits per heavy atom. The molecule has 0 saturated carbocycles. The first-order chi connectivity index (χ1) is 16.3. The lowest BCUT2D eigenvalue weighted by Gasteiger charge is -2.37. The number of aryl methyl sites for hydroxylation is 1. The molecule has 2 N–H and O–H groups in total. The predicted octanol–water partition coefficient (Wildman–Crippen LogP) is 4.21. The molecule has 1 fully saturated rings. The molecule has 0 aromatic heterocycles. The summed E-state index contributed by atoms with van der Waals surface area (Å²) in [4.78, 5) is 16.0. The van der Waals surface area contributed by atoms with Gasteiger partial charge >= 0.3 is 5.97 Å². The van der Waals surface area contributed by atoms with E-state index in [2.05, 4.69) is 4.72 Å². The van der Waals surface area contributed by atoms with Crippen LogP contribution in [0, 0.1) is 5.82 Å². The maximum absolute atomic E-state index is 14.1. The molecule has 1 aliphatic heterocycles. The highest BCUT2D eigenvalue weighted by molar-refractivity contribution is 7.92. The molecule has 0 bridgehead atoms. The van der Waals surface area contributed by atoms with Crippen molar-refractivity contribution in [3.8, 4) is 0 Å². The van der Waals surface area contributed by atoms with Crippen LogP contribution in [-0.4, -0.2) is 45.7 Å². The van der Waals surface area contributed by atoms with E-state index in [1.54, 1.807) is 36.4 Å². The Balaban J connectivity index is 1.52. The van der Waals surface area contributed by atoms with Crippen LogP contribution in [0.3, 0.4) is 0 Å². The van der Waals surface area contributed by atoms with Crippen LogP contribution < -0.4 is 14.5 Å². The van der Waals surface area contributed by atoms with Crippen LogP contribution in [0.2, 0.25) is 0 Å². The van der Waals surface area contributed by atoms with Crippen molar-refractivity contribution in [3.05, 3.63) is 83.7 Å². The van der Waals surface area contributed by atoms with Gasteiger partial charge in [0.05, 0.1) is 21.8 Å². The highest BCUT2D eigenvalue weighted by Gasteiger charge is 2.23. The summed E-state index contributed by atoms with van der Waals surface area (Å²) in [5.41, 5.74) is 2.08. The zero-order chi connectivity index (χ0) is 24.3. The van der Waals surface area contributed by atoms with E-state index in [0.717, 1.165) is 12.0 Å². The summed E-state index contributed by atoms with van der Waals surface area (Å²) in [6, 6.07) is 17.7. The second kappa shape index (κ2) is 9.72. The minimum Gasteiger partial charge on any atom is -0.478 e. The number of nitrogens with zero attached hydrogens (tertiary/aromatic N) is 2. The number of carbonyl (C=O) groups is 1. The summed E-state index contributed by atoms with van der Waals surface area (Å²) < 4.78 is 42.1. The van der Waals surface area contributed by atoms with E-state index in [1.165, 1.54) is 30.3 Å². The van der Waals surface area contributed by atoms with E-state index in [1.807, 2.05) is 16.7 Å². The first kappa shape index (κ1) is 23.6. The molecular formula is C25H26FN3O4S. The quantitative estimate of drug-likeness (QED) is 0.523. The number of halogens is 1. The van der Waals surface area contributed by atoms with Crippen LogP contribution in [0.1, 0.15) is 22.8 Å². The van der Waals surface area contributed by atoms with Crippen LogP contribution in [0.15, 0.2) is 71.6 Å². The molecule has 1 heterocycles. The molecule has 4 rings (SSSR count). The maximum Gasteiger partial charge on any atom is 0.337 e. The molecule has 0 radical (unpaired) electrons. The Bertz CT molecular complexity index is 1290. The number of anilines is 3. The molecule has 1 saturated heterocycles. The zero-order valence-electron chi connectivity index (χ0n) is 18.7. The van der Waals surface area contributed by atoms with Crippen molar-refractivity contribution in [2.45, 2.75) is 18.2 Å². The topological polar surface area (TPSA) is 90.0 Å². The molecule has 3 aromatic rings. The molecular weight excluding hydrogens is 457 g/mol. The number of piperazine rings is 1. The van der Waals surface area contributed by atoms with Gasteiger partial charge < -0.3 is 14.9 Å². The molecule has 0 atom stereocenters. The highest BCUT2D eigenvalue weighted by atomic mass is 32.2. The smallest absolute Gasteiger partial charge is 0.337 e. The van der Waals surface area contributed by atoms with Gasteiger partial charge in [-0.1, -0.05) is 31.2 Å². The van der Waals surface area contributed by atoms with Crippen LogP contribution in [-0.2, 0) is 16.4 Å². The van der Waals surface area contributed by atoms with Gasteiger partial charge in [0.1, 0.15) is 5.82 Å². The Hall–Kier alpha value is -3.59. The Morgan fingerprint density at radius 3 is 2.24 bits per heavy atom. The van der Waals surface area contributed by atoms with E-state index in [-0.39, 0.29) is 22.0 Å². The molecule has 0 spiro atoms. The van der Waals surface area contributed by atoms with Gasteiger partial charge in [-0.15, -0.1) is 0 Å². The summed E-state index contributed by atoms with van der Waals surface area (Å²) in [5.74, 6) is -1.50. The summed E-state index contributed by atoms with van der Waals surface area (Å²) in [5, 5.41) is 9.74. The number of rotatable bonds is 7. The van der Waals surface area contributed by atoms with Crippen LogP contribution in [0.25, 0.3) is 0 Å². The number of nitrogens with one attached hydrogen (secondary N) is 1. The van der Waals surface area contributed by atoms with Gasteiger partial charge in [-0.05, 0) is 54.4 Å². The van der Waals surface area contributed by atoms with Gasteiger partial charge in [-0.25, -0.2) is 17.6 Å². The molecule has 7 nitrogen and oxygen atoms in total.